The second kappa shape index (κ2) is 4.92. The van der Waals surface area contributed by atoms with Crippen LogP contribution in [0.3, 0.4) is 0 Å². The van der Waals surface area contributed by atoms with Gasteiger partial charge < -0.3 is 9.57 Å². The standard InChI is InChI=1S/C15H13NO2/c1-2-6-12(7-3-1)18-15-9-5-4-8-13(15)14-10-11-17-16-14/h1-9H,10-11H2. The summed E-state index contributed by atoms with van der Waals surface area (Å²) in [4.78, 5) is 5.05. The highest BCUT2D eigenvalue weighted by Gasteiger charge is 2.15. The Morgan fingerprint density at radius 2 is 1.72 bits per heavy atom. The molecule has 90 valence electrons. The van der Waals surface area contributed by atoms with E-state index in [0.29, 0.717) is 6.61 Å². The quantitative estimate of drug-likeness (QED) is 0.819. The predicted octanol–water partition coefficient (Wildman–Crippen LogP) is 3.60. The third-order valence-corrected chi connectivity index (χ3v) is 2.77. The summed E-state index contributed by atoms with van der Waals surface area (Å²) in [5.74, 6) is 1.64. The average Bonchev–Trinajstić information content (AvgIpc) is 2.94. The highest BCUT2D eigenvalue weighted by Crippen LogP contribution is 2.27. The number of oxime groups is 1. The van der Waals surface area contributed by atoms with E-state index in [2.05, 4.69) is 5.16 Å². The Morgan fingerprint density at radius 3 is 2.50 bits per heavy atom. The lowest BCUT2D eigenvalue weighted by Gasteiger charge is -2.09. The van der Waals surface area contributed by atoms with Crippen molar-refractivity contribution in [1.29, 1.82) is 0 Å². The van der Waals surface area contributed by atoms with Gasteiger partial charge in [0.15, 0.2) is 0 Å². The normalized spacial score (nSPS) is 13.9. The molecule has 0 spiro atoms. The van der Waals surface area contributed by atoms with E-state index in [0.717, 1.165) is 29.2 Å². The van der Waals surface area contributed by atoms with Crippen molar-refractivity contribution >= 4 is 5.71 Å². The van der Waals surface area contributed by atoms with Crippen molar-refractivity contribution < 1.29 is 9.57 Å². The number of benzene rings is 2. The Hall–Kier alpha value is -2.29. The maximum atomic E-state index is 5.89. The molecule has 0 saturated carbocycles. The first-order valence-electron chi connectivity index (χ1n) is 5.94. The Bertz CT molecular complexity index is 564. The summed E-state index contributed by atoms with van der Waals surface area (Å²) in [6.07, 6.45) is 0.829. The van der Waals surface area contributed by atoms with Gasteiger partial charge in [-0.1, -0.05) is 35.5 Å². The van der Waals surface area contributed by atoms with E-state index in [1.165, 1.54) is 0 Å². The van der Waals surface area contributed by atoms with E-state index in [9.17, 15) is 0 Å². The van der Waals surface area contributed by atoms with Crippen LogP contribution in [0.4, 0.5) is 0 Å². The van der Waals surface area contributed by atoms with E-state index in [1.807, 2.05) is 54.6 Å². The Morgan fingerprint density at radius 1 is 0.944 bits per heavy atom. The van der Waals surface area contributed by atoms with E-state index in [4.69, 9.17) is 9.57 Å². The third kappa shape index (κ3) is 2.20. The van der Waals surface area contributed by atoms with Crippen LogP contribution in [-0.4, -0.2) is 12.3 Å². The number of nitrogens with zero attached hydrogens (tertiary/aromatic N) is 1. The van der Waals surface area contributed by atoms with Crippen LogP contribution in [0.25, 0.3) is 0 Å². The Balaban J connectivity index is 1.92. The third-order valence-electron chi connectivity index (χ3n) is 2.77. The van der Waals surface area contributed by atoms with Crippen molar-refractivity contribution in [3.63, 3.8) is 0 Å². The van der Waals surface area contributed by atoms with Gasteiger partial charge in [0.25, 0.3) is 0 Å². The molecule has 0 N–H and O–H groups in total. The molecule has 0 amide bonds. The van der Waals surface area contributed by atoms with E-state index < -0.39 is 0 Å². The van der Waals surface area contributed by atoms with Gasteiger partial charge in [0.05, 0.1) is 5.71 Å². The molecular weight excluding hydrogens is 226 g/mol. The molecule has 0 atom stereocenters. The zero-order valence-electron chi connectivity index (χ0n) is 9.87. The number of ether oxygens (including phenoxy) is 1. The molecule has 2 aromatic rings. The predicted molar refractivity (Wildman–Crippen MR) is 70.1 cm³/mol. The summed E-state index contributed by atoms with van der Waals surface area (Å²) >= 11 is 0. The fraction of sp³-hybridized carbons (Fsp3) is 0.133. The molecule has 0 unspecified atom stereocenters. The summed E-state index contributed by atoms with van der Waals surface area (Å²) in [6.45, 7) is 0.648. The minimum absolute atomic E-state index is 0.648. The smallest absolute Gasteiger partial charge is 0.136 e. The van der Waals surface area contributed by atoms with Crippen LogP contribution < -0.4 is 4.74 Å². The lowest BCUT2D eigenvalue weighted by molar-refractivity contribution is 0.174. The summed E-state index contributed by atoms with van der Waals surface area (Å²) in [6, 6.07) is 17.6. The highest BCUT2D eigenvalue weighted by atomic mass is 16.6. The van der Waals surface area contributed by atoms with Gasteiger partial charge in [0, 0.05) is 12.0 Å². The van der Waals surface area contributed by atoms with Crippen molar-refractivity contribution in [1.82, 2.24) is 0 Å². The van der Waals surface area contributed by atoms with Crippen molar-refractivity contribution in [3.8, 4) is 11.5 Å². The van der Waals surface area contributed by atoms with E-state index >= 15 is 0 Å². The van der Waals surface area contributed by atoms with Gasteiger partial charge in [-0.15, -0.1) is 0 Å². The molecular formula is C15H13NO2. The molecule has 3 rings (SSSR count). The molecule has 1 heterocycles. The lowest BCUT2D eigenvalue weighted by Crippen LogP contribution is -2.00. The summed E-state index contributed by atoms with van der Waals surface area (Å²) in [5, 5.41) is 4.04. The minimum atomic E-state index is 0.648. The number of rotatable bonds is 3. The van der Waals surface area contributed by atoms with Gasteiger partial charge in [-0.05, 0) is 24.3 Å². The first kappa shape index (κ1) is 10.8. The fourth-order valence-electron chi connectivity index (χ4n) is 1.90. The molecule has 2 aromatic carbocycles. The Kier molecular flexibility index (Phi) is 2.96. The van der Waals surface area contributed by atoms with Crippen molar-refractivity contribution in [3.05, 3.63) is 60.2 Å². The molecule has 3 heteroatoms. The molecule has 1 aliphatic heterocycles. The molecule has 1 aliphatic rings. The lowest BCUT2D eigenvalue weighted by atomic mass is 10.1. The topological polar surface area (TPSA) is 30.8 Å². The summed E-state index contributed by atoms with van der Waals surface area (Å²) < 4.78 is 5.89. The number of hydrogen-bond acceptors (Lipinski definition) is 3. The first-order chi connectivity index (χ1) is 8.93. The second-order valence-corrected chi connectivity index (χ2v) is 4.03. The molecule has 0 aliphatic carbocycles. The van der Waals surface area contributed by atoms with Gasteiger partial charge in [0.1, 0.15) is 18.1 Å². The molecule has 0 saturated heterocycles. The van der Waals surface area contributed by atoms with Gasteiger partial charge >= 0.3 is 0 Å². The zero-order valence-corrected chi connectivity index (χ0v) is 9.87. The largest absolute Gasteiger partial charge is 0.457 e. The fourth-order valence-corrected chi connectivity index (χ4v) is 1.90. The summed E-state index contributed by atoms with van der Waals surface area (Å²) in [5.41, 5.74) is 1.94. The molecule has 0 fully saturated rings. The zero-order chi connectivity index (χ0) is 12.2. The number of hydrogen-bond donors (Lipinski definition) is 0. The molecule has 0 radical (unpaired) electrons. The molecule has 3 nitrogen and oxygen atoms in total. The van der Waals surface area contributed by atoms with Gasteiger partial charge in [-0.2, -0.15) is 0 Å². The van der Waals surface area contributed by atoms with Crippen LogP contribution in [0, 0.1) is 0 Å². The Labute approximate surface area is 106 Å². The van der Waals surface area contributed by atoms with Crippen LogP contribution in [0.5, 0.6) is 11.5 Å². The van der Waals surface area contributed by atoms with E-state index in [1.54, 1.807) is 0 Å². The average molecular weight is 239 g/mol. The summed E-state index contributed by atoms with van der Waals surface area (Å²) in [7, 11) is 0. The van der Waals surface area contributed by atoms with Crippen LogP contribution in [0.15, 0.2) is 59.8 Å². The van der Waals surface area contributed by atoms with Crippen molar-refractivity contribution in [2.75, 3.05) is 6.61 Å². The molecule has 0 aromatic heterocycles. The first-order valence-corrected chi connectivity index (χ1v) is 5.94. The minimum Gasteiger partial charge on any atom is -0.457 e. The molecule has 18 heavy (non-hydrogen) atoms. The second-order valence-electron chi connectivity index (χ2n) is 4.03. The van der Waals surface area contributed by atoms with Crippen LogP contribution in [0.1, 0.15) is 12.0 Å². The van der Waals surface area contributed by atoms with Gasteiger partial charge in [-0.3, -0.25) is 0 Å². The van der Waals surface area contributed by atoms with Crippen molar-refractivity contribution in [2.45, 2.75) is 6.42 Å². The maximum Gasteiger partial charge on any atom is 0.136 e. The van der Waals surface area contributed by atoms with Crippen LogP contribution >= 0.6 is 0 Å². The van der Waals surface area contributed by atoms with Crippen LogP contribution in [0.2, 0.25) is 0 Å². The monoisotopic (exact) mass is 239 g/mol. The van der Waals surface area contributed by atoms with Gasteiger partial charge in [0.2, 0.25) is 0 Å². The molecule has 0 bridgehead atoms. The van der Waals surface area contributed by atoms with Gasteiger partial charge in [-0.25, -0.2) is 0 Å². The SMILES string of the molecule is c1ccc(Oc2ccccc2C2=NOCC2)cc1. The highest BCUT2D eigenvalue weighted by molar-refractivity contribution is 6.03. The number of para-hydroxylation sites is 2. The van der Waals surface area contributed by atoms with Crippen molar-refractivity contribution in [2.24, 2.45) is 5.16 Å². The maximum absolute atomic E-state index is 5.89. The van der Waals surface area contributed by atoms with Crippen LogP contribution in [-0.2, 0) is 4.84 Å². The van der Waals surface area contributed by atoms with E-state index in [-0.39, 0.29) is 0 Å².